The quantitative estimate of drug-likeness (QED) is 0.230. The van der Waals surface area contributed by atoms with Crippen LogP contribution in [0.4, 0.5) is 17.2 Å². The van der Waals surface area contributed by atoms with Crippen LogP contribution in [-0.4, -0.2) is 20.9 Å². The molecule has 1 amide bonds. The van der Waals surface area contributed by atoms with E-state index in [0.29, 0.717) is 28.3 Å². The average Bonchev–Trinajstić information content (AvgIpc) is 2.85. The molecule has 0 atom stereocenters. The van der Waals surface area contributed by atoms with Gasteiger partial charge in [-0.3, -0.25) is 9.78 Å². The van der Waals surface area contributed by atoms with E-state index in [0.717, 1.165) is 28.1 Å². The lowest BCUT2D eigenvalue weighted by atomic mass is 9.97. The summed E-state index contributed by atoms with van der Waals surface area (Å²) in [6, 6.07) is 13.3. The first-order valence-corrected chi connectivity index (χ1v) is 11.8. The number of pyridine rings is 1. The first kappa shape index (κ1) is 25.4. The van der Waals surface area contributed by atoms with Gasteiger partial charge in [-0.15, -0.1) is 0 Å². The smallest absolute Gasteiger partial charge is 0.247 e. The van der Waals surface area contributed by atoms with Crippen molar-refractivity contribution in [3.8, 4) is 23.3 Å². The molecule has 0 fully saturated rings. The molecule has 0 radical (unpaired) electrons. The maximum atomic E-state index is 12.1. The van der Waals surface area contributed by atoms with Crippen LogP contribution in [0.3, 0.4) is 0 Å². The lowest BCUT2D eigenvalue weighted by Gasteiger charge is -2.14. The molecule has 2 N–H and O–H groups in total. The van der Waals surface area contributed by atoms with Crippen molar-refractivity contribution in [1.82, 2.24) is 15.0 Å². The molecule has 0 aliphatic heterocycles. The molecule has 4 aromatic rings. The summed E-state index contributed by atoms with van der Waals surface area (Å²) in [5, 5.41) is 6.97. The first-order valence-electron chi connectivity index (χ1n) is 11.8. The predicted octanol–water partition coefficient (Wildman–Crippen LogP) is 6.70. The third-order valence-electron chi connectivity index (χ3n) is 5.34. The molecule has 0 spiro atoms. The fourth-order valence-electron chi connectivity index (χ4n) is 3.47. The molecule has 2 aromatic carbocycles. The van der Waals surface area contributed by atoms with Gasteiger partial charge in [0, 0.05) is 22.2 Å². The van der Waals surface area contributed by atoms with Gasteiger partial charge in [0.25, 0.3) is 0 Å². The summed E-state index contributed by atoms with van der Waals surface area (Å²) in [6.45, 7) is 13.6. The third-order valence-corrected chi connectivity index (χ3v) is 5.34. The van der Waals surface area contributed by atoms with Crippen molar-refractivity contribution in [2.24, 2.45) is 5.41 Å². The third kappa shape index (κ3) is 6.50. The Morgan fingerprint density at radius 3 is 2.54 bits per heavy atom. The minimum atomic E-state index is -0.320. The summed E-state index contributed by atoms with van der Waals surface area (Å²) in [4.78, 5) is 25.3. The summed E-state index contributed by atoms with van der Waals surface area (Å²) in [6.07, 6.45) is 4.43. The highest BCUT2D eigenvalue weighted by molar-refractivity contribution is 6.03. The topological polar surface area (TPSA) is 89.0 Å². The number of nitrogens with zero attached hydrogens (tertiary/aromatic N) is 3. The summed E-state index contributed by atoms with van der Waals surface area (Å²) < 4.78 is 5.99. The van der Waals surface area contributed by atoms with Gasteiger partial charge in [0.15, 0.2) is 0 Å². The Labute approximate surface area is 217 Å². The molecule has 0 aliphatic rings. The normalized spacial score (nSPS) is 10.8. The molecule has 2 heterocycles. The Balaban J connectivity index is 1.68. The predicted molar refractivity (Wildman–Crippen MR) is 148 cm³/mol. The largest absolute Gasteiger partial charge is 0.455 e. The maximum absolute atomic E-state index is 12.1. The molecule has 7 nitrogen and oxygen atoms in total. The number of carbonyl (C=O) groups excluding carboxylic acids is 1. The summed E-state index contributed by atoms with van der Waals surface area (Å²) >= 11 is 0. The van der Waals surface area contributed by atoms with Crippen LogP contribution >= 0.6 is 0 Å². The van der Waals surface area contributed by atoms with Crippen LogP contribution in [0.15, 0.2) is 67.6 Å². The van der Waals surface area contributed by atoms with Crippen LogP contribution in [-0.2, 0) is 4.79 Å². The molecule has 4 rings (SSSR count). The Bertz CT molecular complexity index is 1540. The number of amides is 1. The van der Waals surface area contributed by atoms with E-state index in [1.807, 2.05) is 77.1 Å². The zero-order chi connectivity index (χ0) is 26.6. The van der Waals surface area contributed by atoms with Gasteiger partial charge >= 0.3 is 0 Å². The van der Waals surface area contributed by atoms with Gasteiger partial charge in [-0.2, -0.15) is 0 Å². The lowest BCUT2D eigenvalue weighted by molar-refractivity contribution is -0.111. The summed E-state index contributed by atoms with van der Waals surface area (Å²) in [5.74, 6) is 8.10. The Hall–Kier alpha value is -4.70. The van der Waals surface area contributed by atoms with E-state index >= 15 is 0 Å². The van der Waals surface area contributed by atoms with Crippen LogP contribution in [0.1, 0.15) is 37.6 Å². The van der Waals surface area contributed by atoms with Crippen molar-refractivity contribution >= 4 is 34.0 Å². The van der Waals surface area contributed by atoms with Gasteiger partial charge in [-0.05, 0) is 88.7 Å². The second kappa shape index (κ2) is 10.5. The van der Waals surface area contributed by atoms with Crippen LogP contribution < -0.4 is 15.4 Å². The fraction of sp³-hybridized carbons (Fsp3) is 0.200. The number of fused-ring (bicyclic) bond motifs is 1. The Kier molecular flexibility index (Phi) is 7.21. The van der Waals surface area contributed by atoms with Crippen molar-refractivity contribution in [3.63, 3.8) is 0 Å². The highest BCUT2D eigenvalue weighted by atomic mass is 16.5. The number of benzene rings is 2. The molecule has 0 unspecified atom stereocenters. The van der Waals surface area contributed by atoms with E-state index in [1.54, 1.807) is 6.20 Å². The SMILES string of the molecule is C=CC(=O)Nc1cc2c(Nc3ccc(Oc4ccc(C)nc4)c(C)c3)ncnc2cc1C#CC(C)(C)C. The van der Waals surface area contributed by atoms with Crippen LogP contribution in [0.5, 0.6) is 11.5 Å². The van der Waals surface area contributed by atoms with Gasteiger partial charge in [-0.25, -0.2) is 9.97 Å². The van der Waals surface area contributed by atoms with Crippen molar-refractivity contribution in [2.75, 3.05) is 10.6 Å². The second-order valence-corrected chi connectivity index (χ2v) is 9.67. The molecule has 7 heteroatoms. The maximum Gasteiger partial charge on any atom is 0.247 e. The van der Waals surface area contributed by atoms with Crippen LogP contribution in [0.25, 0.3) is 10.9 Å². The summed E-state index contributed by atoms with van der Waals surface area (Å²) in [7, 11) is 0. The number of hydrogen-bond acceptors (Lipinski definition) is 6. The van der Waals surface area contributed by atoms with Crippen molar-refractivity contribution in [3.05, 3.63) is 84.5 Å². The molecule has 37 heavy (non-hydrogen) atoms. The van der Waals surface area contributed by atoms with E-state index in [2.05, 4.69) is 44.0 Å². The van der Waals surface area contributed by atoms with Gasteiger partial charge in [0.2, 0.25) is 5.91 Å². The highest BCUT2D eigenvalue weighted by Crippen LogP contribution is 2.31. The molecular weight excluding hydrogens is 462 g/mol. The summed E-state index contributed by atoms with van der Waals surface area (Å²) in [5.41, 5.74) is 4.46. The minimum absolute atomic E-state index is 0.198. The van der Waals surface area contributed by atoms with Crippen LogP contribution in [0, 0.1) is 31.1 Å². The number of rotatable bonds is 6. The van der Waals surface area contributed by atoms with E-state index in [1.165, 1.54) is 12.4 Å². The average molecular weight is 492 g/mol. The lowest BCUT2D eigenvalue weighted by Crippen LogP contribution is -2.09. The Morgan fingerprint density at radius 1 is 1.05 bits per heavy atom. The van der Waals surface area contributed by atoms with Gasteiger partial charge in [-0.1, -0.05) is 18.4 Å². The second-order valence-electron chi connectivity index (χ2n) is 9.67. The number of nitrogens with one attached hydrogen (secondary N) is 2. The zero-order valence-corrected chi connectivity index (χ0v) is 21.6. The van der Waals surface area contributed by atoms with E-state index in [9.17, 15) is 4.79 Å². The first-order chi connectivity index (χ1) is 17.6. The van der Waals surface area contributed by atoms with Crippen LogP contribution in [0.2, 0.25) is 0 Å². The molecule has 2 aromatic heterocycles. The number of aryl methyl sites for hydroxylation is 2. The number of aromatic nitrogens is 3. The number of carbonyl (C=O) groups is 1. The van der Waals surface area contributed by atoms with Crippen molar-refractivity contribution in [2.45, 2.75) is 34.6 Å². The fourth-order valence-corrected chi connectivity index (χ4v) is 3.47. The van der Waals surface area contributed by atoms with E-state index in [4.69, 9.17) is 4.74 Å². The van der Waals surface area contributed by atoms with Crippen molar-refractivity contribution < 1.29 is 9.53 Å². The number of ether oxygens (including phenoxy) is 1. The van der Waals surface area contributed by atoms with Gasteiger partial charge in [0.05, 0.1) is 23.0 Å². The van der Waals surface area contributed by atoms with E-state index < -0.39 is 0 Å². The molecule has 0 aliphatic carbocycles. The number of hydrogen-bond donors (Lipinski definition) is 2. The number of anilines is 3. The molecule has 0 saturated carbocycles. The van der Waals surface area contributed by atoms with Gasteiger partial charge in [0.1, 0.15) is 23.6 Å². The zero-order valence-electron chi connectivity index (χ0n) is 21.6. The Morgan fingerprint density at radius 2 is 1.86 bits per heavy atom. The molecular formula is C30H29N5O2. The monoisotopic (exact) mass is 491 g/mol. The molecule has 0 saturated heterocycles. The standard InChI is InChI=1S/C30H29N5O2/c1-7-28(36)35-25-16-24-26(15-21(25)12-13-30(4,5)6)32-18-33-29(24)34-22-9-11-27(19(2)14-22)37-23-10-8-20(3)31-17-23/h7-11,14-18H,1H2,2-6H3,(H,35,36)(H,32,33,34). The van der Waals surface area contributed by atoms with Crippen molar-refractivity contribution in [1.29, 1.82) is 0 Å². The molecule has 186 valence electrons. The molecule has 0 bridgehead atoms. The minimum Gasteiger partial charge on any atom is -0.455 e. The van der Waals surface area contributed by atoms with E-state index in [-0.39, 0.29) is 11.3 Å². The van der Waals surface area contributed by atoms with Gasteiger partial charge < -0.3 is 15.4 Å². The highest BCUT2D eigenvalue weighted by Gasteiger charge is 2.13.